The highest BCUT2D eigenvalue weighted by atomic mass is 16.5. The monoisotopic (exact) mass is 288 g/mol. The van der Waals surface area contributed by atoms with E-state index in [2.05, 4.69) is 24.4 Å². The molecule has 2 amide bonds. The van der Waals surface area contributed by atoms with E-state index < -0.39 is 0 Å². The second kappa shape index (κ2) is 6.37. The van der Waals surface area contributed by atoms with Crippen molar-refractivity contribution in [1.82, 2.24) is 5.32 Å². The molecule has 2 aliphatic rings. The molecule has 1 saturated heterocycles. The van der Waals surface area contributed by atoms with Gasteiger partial charge in [0, 0.05) is 24.8 Å². The van der Waals surface area contributed by atoms with E-state index in [4.69, 9.17) is 4.74 Å². The average molecular weight is 288 g/mol. The highest BCUT2D eigenvalue weighted by molar-refractivity contribution is 5.94. The standard InChI is InChI=1S/C17H24N2O2/c1-2-3-4-11-21-16-12-14(19-10-9-18-17(19)20)7-8-15(16)13-5-6-13/h7-8,12-13H,2-6,9-11H2,1H3,(H,18,20). The van der Waals surface area contributed by atoms with Crippen molar-refractivity contribution >= 4 is 11.7 Å². The van der Waals surface area contributed by atoms with Gasteiger partial charge in [-0.15, -0.1) is 0 Å². The third-order valence-corrected chi connectivity index (χ3v) is 4.19. The van der Waals surface area contributed by atoms with Gasteiger partial charge in [-0.3, -0.25) is 4.90 Å². The molecule has 1 aliphatic carbocycles. The van der Waals surface area contributed by atoms with E-state index >= 15 is 0 Å². The molecule has 0 aromatic heterocycles. The molecule has 114 valence electrons. The molecule has 0 spiro atoms. The van der Waals surface area contributed by atoms with Gasteiger partial charge in [0.15, 0.2) is 0 Å². The largest absolute Gasteiger partial charge is 0.493 e. The lowest BCUT2D eigenvalue weighted by Gasteiger charge is -2.18. The molecule has 3 rings (SSSR count). The highest BCUT2D eigenvalue weighted by Crippen LogP contribution is 2.45. The fourth-order valence-electron chi connectivity index (χ4n) is 2.80. The Balaban J connectivity index is 1.75. The minimum atomic E-state index is -0.00824. The molecule has 1 saturated carbocycles. The first kappa shape index (κ1) is 14.2. The van der Waals surface area contributed by atoms with Gasteiger partial charge in [-0.1, -0.05) is 25.8 Å². The highest BCUT2D eigenvalue weighted by Gasteiger charge is 2.28. The van der Waals surface area contributed by atoms with Crippen LogP contribution in [0.15, 0.2) is 18.2 Å². The van der Waals surface area contributed by atoms with Crippen LogP contribution in [0.4, 0.5) is 10.5 Å². The Kier molecular flexibility index (Phi) is 4.32. The van der Waals surface area contributed by atoms with Crippen LogP contribution in [0.3, 0.4) is 0 Å². The van der Waals surface area contributed by atoms with E-state index in [1.807, 2.05) is 6.07 Å². The summed E-state index contributed by atoms with van der Waals surface area (Å²) >= 11 is 0. The van der Waals surface area contributed by atoms with E-state index in [1.165, 1.54) is 31.2 Å². The van der Waals surface area contributed by atoms with Crippen LogP contribution in [-0.4, -0.2) is 25.7 Å². The summed E-state index contributed by atoms with van der Waals surface area (Å²) in [5, 5.41) is 2.84. The number of hydrogen-bond acceptors (Lipinski definition) is 2. The first-order valence-electron chi connectivity index (χ1n) is 8.11. The normalized spacial score (nSPS) is 18.0. The Hall–Kier alpha value is -1.71. The van der Waals surface area contributed by atoms with Gasteiger partial charge >= 0.3 is 6.03 Å². The second-order valence-electron chi connectivity index (χ2n) is 5.94. The Morgan fingerprint density at radius 2 is 2.19 bits per heavy atom. The predicted molar refractivity (Wildman–Crippen MR) is 84.2 cm³/mol. The summed E-state index contributed by atoms with van der Waals surface area (Å²) in [6, 6.07) is 6.24. The second-order valence-corrected chi connectivity index (χ2v) is 5.94. The third-order valence-electron chi connectivity index (χ3n) is 4.19. The fraction of sp³-hybridized carbons (Fsp3) is 0.588. The van der Waals surface area contributed by atoms with Crippen LogP contribution in [0.2, 0.25) is 0 Å². The maximum absolute atomic E-state index is 11.8. The number of ether oxygens (including phenoxy) is 1. The van der Waals surface area contributed by atoms with Gasteiger partial charge in [-0.05, 0) is 36.8 Å². The Bertz CT molecular complexity index is 512. The van der Waals surface area contributed by atoms with Crippen molar-refractivity contribution in [1.29, 1.82) is 0 Å². The zero-order valence-corrected chi connectivity index (χ0v) is 12.7. The topological polar surface area (TPSA) is 41.6 Å². The number of carbonyl (C=O) groups is 1. The van der Waals surface area contributed by atoms with Crippen LogP contribution in [0, 0.1) is 0 Å². The minimum absolute atomic E-state index is 0.00824. The van der Waals surface area contributed by atoms with Crippen molar-refractivity contribution < 1.29 is 9.53 Å². The Morgan fingerprint density at radius 3 is 2.86 bits per heavy atom. The van der Waals surface area contributed by atoms with Gasteiger partial charge in [0.1, 0.15) is 5.75 Å². The Morgan fingerprint density at radius 1 is 1.33 bits per heavy atom. The predicted octanol–water partition coefficient (Wildman–Crippen LogP) is 3.66. The fourth-order valence-corrected chi connectivity index (χ4v) is 2.80. The number of nitrogens with one attached hydrogen (secondary N) is 1. The van der Waals surface area contributed by atoms with Crippen molar-refractivity contribution in [3.8, 4) is 5.75 Å². The summed E-state index contributed by atoms with van der Waals surface area (Å²) in [5.74, 6) is 1.64. The molecule has 1 N–H and O–H groups in total. The quantitative estimate of drug-likeness (QED) is 0.778. The molecule has 0 unspecified atom stereocenters. The van der Waals surface area contributed by atoms with E-state index in [0.717, 1.165) is 37.6 Å². The van der Waals surface area contributed by atoms with Gasteiger partial charge in [-0.2, -0.15) is 0 Å². The summed E-state index contributed by atoms with van der Waals surface area (Å²) in [4.78, 5) is 13.6. The first-order chi connectivity index (χ1) is 10.3. The molecule has 1 heterocycles. The molecule has 4 heteroatoms. The van der Waals surface area contributed by atoms with Gasteiger partial charge in [-0.25, -0.2) is 4.79 Å². The number of benzene rings is 1. The average Bonchev–Trinajstić information content (AvgIpc) is 3.25. The molecule has 2 fully saturated rings. The first-order valence-corrected chi connectivity index (χ1v) is 8.11. The van der Waals surface area contributed by atoms with E-state index in [-0.39, 0.29) is 6.03 Å². The molecular formula is C17H24N2O2. The van der Waals surface area contributed by atoms with Crippen molar-refractivity contribution in [2.24, 2.45) is 0 Å². The smallest absolute Gasteiger partial charge is 0.321 e. The van der Waals surface area contributed by atoms with Crippen LogP contribution in [0.5, 0.6) is 5.75 Å². The van der Waals surface area contributed by atoms with E-state index in [0.29, 0.717) is 5.92 Å². The number of anilines is 1. The van der Waals surface area contributed by atoms with Crippen LogP contribution < -0.4 is 15.0 Å². The summed E-state index contributed by atoms with van der Waals surface area (Å²) in [7, 11) is 0. The van der Waals surface area contributed by atoms with Gasteiger partial charge < -0.3 is 10.1 Å². The van der Waals surface area contributed by atoms with Crippen LogP contribution in [0.25, 0.3) is 0 Å². The van der Waals surface area contributed by atoms with Crippen molar-refractivity contribution in [3.05, 3.63) is 23.8 Å². The maximum atomic E-state index is 11.8. The summed E-state index contributed by atoms with van der Waals surface area (Å²) in [6.07, 6.45) is 6.01. The number of hydrogen-bond donors (Lipinski definition) is 1. The zero-order chi connectivity index (χ0) is 14.7. The molecular weight excluding hydrogens is 264 g/mol. The summed E-state index contributed by atoms with van der Waals surface area (Å²) < 4.78 is 6.02. The third kappa shape index (κ3) is 3.31. The van der Waals surface area contributed by atoms with Gasteiger partial charge in [0.25, 0.3) is 0 Å². The number of unbranched alkanes of at least 4 members (excludes halogenated alkanes) is 2. The lowest BCUT2D eigenvalue weighted by Crippen LogP contribution is -2.27. The number of nitrogens with zero attached hydrogens (tertiary/aromatic N) is 1. The van der Waals surface area contributed by atoms with Crippen LogP contribution in [-0.2, 0) is 0 Å². The van der Waals surface area contributed by atoms with Crippen LogP contribution >= 0.6 is 0 Å². The SMILES string of the molecule is CCCCCOc1cc(N2CCNC2=O)ccc1C1CC1. The number of rotatable bonds is 7. The molecule has 21 heavy (non-hydrogen) atoms. The minimum Gasteiger partial charge on any atom is -0.493 e. The maximum Gasteiger partial charge on any atom is 0.321 e. The molecule has 0 radical (unpaired) electrons. The number of carbonyl (C=O) groups excluding carboxylic acids is 1. The molecule has 1 aromatic rings. The molecule has 1 aliphatic heterocycles. The molecule has 0 bridgehead atoms. The van der Waals surface area contributed by atoms with E-state index in [1.54, 1.807) is 4.90 Å². The molecule has 4 nitrogen and oxygen atoms in total. The molecule has 1 aromatic carbocycles. The van der Waals surface area contributed by atoms with Gasteiger partial charge in [0.2, 0.25) is 0 Å². The Labute approximate surface area is 126 Å². The molecule has 0 atom stereocenters. The lowest BCUT2D eigenvalue weighted by atomic mass is 10.1. The lowest BCUT2D eigenvalue weighted by molar-refractivity contribution is 0.252. The van der Waals surface area contributed by atoms with Crippen LogP contribution in [0.1, 0.15) is 50.5 Å². The number of amides is 2. The van der Waals surface area contributed by atoms with Crippen molar-refractivity contribution in [3.63, 3.8) is 0 Å². The van der Waals surface area contributed by atoms with Gasteiger partial charge in [0.05, 0.1) is 6.61 Å². The summed E-state index contributed by atoms with van der Waals surface area (Å²) in [5.41, 5.74) is 2.26. The van der Waals surface area contributed by atoms with E-state index in [9.17, 15) is 4.79 Å². The summed E-state index contributed by atoms with van der Waals surface area (Å²) in [6.45, 7) is 4.41. The van der Waals surface area contributed by atoms with Crippen molar-refractivity contribution in [2.75, 3.05) is 24.6 Å². The zero-order valence-electron chi connectivity index (χ0n) is 12.7. The number of urea groups is 1. The van der Waals surface area contributed by atoms with Crippen molar-refractivity contribution in [2.45, 2.75) is 44.9 Å².